The van der Waals surface area contributed by atoms with Gasteiger partial charge in [-0.25, -0.2) is 0 Å². The predicted octanol–water partition coefficient (Wildman–Crippen LogP) is 18.7. The van der Waals surface area contributed by atoms with E-state index in [9.17, 15) is 35.1 Å². The fraction of sp³-hybridized carbons (Fsp3) is 0.865. The molecule has 7 atom stereocenters. The fourth-order valence-electron chi connectivity index (χ4n) is 11.4. The van der Waals surface area contributed by atoms with Crippen LogP contribution < -0.4 is 5.32 Å². The summed E-state index contributed by atoms with van der Waals surface area (Å²) in [6.45, 7) is 4.35. The van der Waals surface area contributed by atoms with Gasteiger partial charge in [0, 0.05) is 12.8 Å². The Morgan fingerprint density at radius 3 is 1.22 bits per heavy atom. The highest BCUT2D eigenvalue weighted by Gasteiger charge is 2.44. The number of rotatable bonds is 64. The van der Waals surface area contributed by atoms with Crippen LogP contribution in [0.25, 0.3) is 0 Å². The Balaban J connectivity index is 1.99. The Morgan fingerprint density at radius 1 is 0.435 bits per heavy atom. The number of aliphatic hydroxyl groups is 5. The van der Waals surface area contributed by atoms with Crippen molar-refractivity contribution in [1.82, 2.24) is 5.32 Å². The van der Waals surface area contributed by atoms with Crippen LogP contribution in [-0.4, -0.2) is 100 Å². The average molecular weight is 1200 g/mol. The van der Waals surface area contributed by atoms with E-state index in [-0.39, 0.29) is 18.5 Å². The van der Waals surface area contributed by atoms with E-state index < -0.39 is 49.5 Å². The molecule has 1 saturated heterocycles. The lowest BCUT2D eigenvalue weighted by molar-refractivity contribution is -0.302. The van der Waals surface area contributed by atoms with Crippen LogP contribution in [0.4, 0.5) is 0 Å². The molecule has 6 N–H and O–H groups in total. The number of ether oxygens (including phenoxy) is 3. The monoisotopic (exact) mass is 1200 g/mol. The summed E-state index contributed by atoms with van der Waals surface area (Å²) in [7, 11) is 0. The van der Waals surface area contributed by atoms with E-state index >= 15 is 0 Å². The number of amides is 1. The molecule has 0 radical (unpaired) electrons. The van der Waals surface area contributed by atoms with Gasteiger partial charge in [-0.1, -0.05) is 294 Å². The maximum absolute atomic E-state index is 13.1. The lowest BCUT2D eigenvalue weighted by Crippen LogP contribution is -2.60. The predicted molar refractivity (Wildman–Crippen MR) is 357 cm³/mol. The molecule has 1 rings (SSSR count). The molecule has 11 heteroatoms. The van der Waals surface area contributed by atoms with Gasteiger partial charge in [-0.05, 0) is 89.9 Å². The largest absolute Gasteiger partial charge is 0.466 e. The highest BCUT2D eigenvalue weighted by Crippen LogP contribution is 2.23. The Bertz CT molecular complexity index is 1550. The molecule has 1 heterocycles. The van der Waals surface area contributed by atoms with Crippen LogP contribution in [0, 0.1) is 0 Å². The molecule has 1 aliphatic rings. The number of aliphatic hydroxyl groups excluding tert-OH is 5. The second-order valence-electron chi connectivity index (χ2n) is 25.3. The molecule has 0 bridgehead atoms. The molecule has 85 heavy (non-hydrogen) atoms. The molecule has 11 nitrogen and oxygen atoms in total. The van der Waals surface area contributed by atoms with Crippen molar-refractivity contribution in [2.24, 2.45) is 0 Å². The molecule has 498 valence electrons. The summed E-state index contributed by atoms with van der Waals surface area (Å²) in [5, 5.41) is 54.6. The Labute approximate surface area is 523 Å². The maximum atomic E-state index is 13.1. The van der Waals surface area contributed by atoms with E-state index in [1.54, 1.807) is 6.08 Å². The van der Waals surface area contributed by atoms with Gasteiger partial charge < -0.3 is 45.1 Å². The summed E-state index contributed by atoms with van der Waals surface area (Å²) >= 11 is 0. The SMILES string of the molecule is CCCCC/C=C\CCCCCCCC(=O)OCCCCCCCCCCC/C=C\C/C=C\CCCCCCCCCCCCCCCCCC(=O)NC(COC1OC(CO)C(O)C(O)C1O)C(O)/C=C/CCCCCCCCCCCCCC. The van der Waals surface area contributed by atoms with Gasteiger partial charge in [0.05, 0.1) is 32.0 Å². The number of carbonyl (C=O) groups is 2. The standard InChI is InChI=1S/C74H137NO10/c1-3-5-7-9-11-13-15-17-37-40-44-48-52-56-60-67(77)66(65-84-74-73(82)72(81)71(80)68(64-76)85-74)75-69(78)61-57-53-49-45-41-38-35-33-31-29-27-25-23-21-19-18-20-22-24-26-28-30-32-34-36-39-43-47-51-55-59-63-83-70(79)62-58-54-50-46-42-16-14-12-10-8-6-4-2/h12,14,20,22,26,28,56,60,66-68,71-74,76-77,80-82H,3-11,13,15-19,21,23-25,27,29-55,57-59,61-65H2,1-2H3,(H,75,78)/b14-12-,22-20-,28-26-,60-56+. The van der Waals surface area contributed by atoms with Crippen molar-refractivity contribution in [2.45, 2.75) is 391 Å². The Morgan fingerprint density at radius 2 is 0.788 bits per heavy atom. The highest BCUT2D eigenvalue weighted by molar-refractivity contribution is 5.76. The number of allylic oxidation sites excluding steroid dienone is 7. The first-order chi connectivity index (χ1) is 41.7. The number of unbranched alkanes of at least 4 members (excludes halogenated alkanes) is 44. The van der Waals surface area contributed by atoms with E-state index in [4.69, 9.17) is 14.2 Å². The van der Waals surface area contributed by atoms with Crippen LogP contribution in [0.2, 0.25) is 0 Å². The highest BCUT2D eigenvalue weighted by atomic mass is 16.7. The lowest BCUT2D eigenvalue weighted by atomic mass is 9.99. The topological polar surface area (TPSA) is 175 Å². The van der Waals surface area contributed by atoms with Crippen molar-refractivity contribution >= 4 is 11.9 Å². The Kier molecular flexibility index (Phi) is 60.0. The normalized spacial score (nSPS) is 18.2. The van der Waals surface area contributed by atoms with Gasteiger partial charge >= 0.3 is 5.97 Å². The number of esters is 1. The molecular weight excluding hydrogens is 1060 g/mol. The number of hydrogen-bond donors (Lipinski definition) is 6. The fourth-order valence-corrected chi connectivity index (χ4v) is 11.4. The zero-order chi connectivity index (χ0) is 61.6. The van der Waals surface area contributed by atoms with Crippen LogP contribution >= 0.6 is 0 Å². The third-order valence-electron chi connectivity index (χ3n) is 17.2. The molecule has 0 saturated carbocycles. The van der Waals surface area contributed by atoms with Crippen molar-refractivity contribution in [3.05, 3.63) is 48.6 Å². The molecule has 0 spiro atoms. The Hall–Kier alpha value is -2.38. The van der Waals surface area contributed by atoms with E-state index in [2.05, 4.69) is 55.6 Å². The smallest absolute Gasteiger partial charge is 0.305 e. The number of hydrogen-bond acceptors (Lipinski definition) is 10. The summed E-state index contributed by atoms with van der Waals surface area (Å²) in [4.78, 5) is 25.1. The van der Waals surface area contributed by atoms with Gasteiger partial charge in [0.15, 0.2) is 6.29 Å². The van der Waals surface area contributed by atoms with Crippen molar-refractivity contribution in [1.29, 1.82) is 0 Å². The molecule has 1 amide bonds. The molecule has 0 aliphatic carbocycles. The van der Waals surface area contributed by atoms with Crippen molar-refractivity contribution in [3.8, 4) is 0 Å². The summed E-state index contributed by atoms with van der Waals surface area (Å²) < 4.78 is 16.7. The molecule has 1 fully saturated rings. The van der Waals surface area contributed by atoms with Gasteiger partial charge in [0.2, 0.25) is 5.91 Å². The minimum absolute atomic E-state index is 0.00483. The molecule has 7 unspecified atom stereocenters. The first kappa shape index (κ1) is 80.6. The first-order valence-electron chi connectivity index (χ1n) is 36.4. The van der Waals surface area contributed by atoms with Gasteiger partial charge in [-0.15, -0.1) is 0 Å². The lowest BCUT2D eigenvalue weighted by Gasteiger charge is -2.40. The van der Waals surface area contributed by atoms with Crippen molar-refractivity contribution in [2.75, 3.05) is 19.8 Å². The van der Waals surface area contributed by atoms with E-state index in [1.807, 2.05) is 6.08 Å². The summed E-state index contributed by atoms with van der Waals surface area (Å²) in [5.41, 5.74) is 0. The van der Waals surface area contributed by atoms with Gasteiger partial charge in [0.1, 0.15) is 24.4 Å². The van der Waals surface area contributed by atoms with Crippen LogP contribution in [0.3, 0.4) is 0 Å². The van der Waals surface area contributed by atoms with E-state index in [1.165, 1.54) is 257 Å². The van der Waals surface area contributed by atoms with E-state index in [0.717, 1.165) is 64.2 Å². The summed E-state index contributed by atoms with van der Waals surface area (Å²) in [6, 6.07) is -0.810. The van der Waals surface area contributed by atoms with Crippen LogP contribution in [0.15, 0.2) is 48.6 Å². The average Bonchev–Trinajstić information content (AvgIpc) is 3.50. The van der Waals surface area contributed by atoms with Crippen LogP contribution in [-0.2, 0) is 23.8 Å². The third kappa shape index (κ3) is 52.1. The third-order valence-corrected chi connectivity index (χ3v) is 17.2. The minimum atomic E-state index is -1.57. The van der Waals surface area contributed by atoms with Crippen molar-refractivity contribution in [3.63, 3.8) is 0 Å². The molecule has 1 aliphatic heterocycles. The quantitative estimate of drug-likeness (QED) is 0.0195. The molecule has 0 aromatic rings. The maximum Gasteiger partial charge on any atom is 0.305 e. The van der Waals surface area contributed by atoms with Gasteiger partial charge in [-0.2, -0.15) is 0 Å². The molecule has 0 aromatic carbocycles. The van der Waals surface area contributed by atoms with Crippen LogP contribution in [0.1, 0.15) is 348 Å². The van der Waals surface area contributed by atoms with E-state index in [0.29, 0.717) is 19.4 Å². The van der Waals surface area contributed by atoms with Gasteiger partial charge in [0.25, 0.3) is 0 Å². The summed E-state index contributed by atoms with van der Waals surface area (Å²) in [6.07, 6.45) is 72.4. The minimum Gasteiger partial charge on any atom is -0.466 e. The van der Waals surface area contributed by atoms with Gasteiger partial charge in [-0.3, -0.25) is 9.59 Å². The molecular formula is C74H137NO10. The molecule has 0 aromatic heterocycles. The summed E-state index contributed by atoms with van der Waals surface area (Å²) in [5.74, 6) is -0.184. The van der Waals surface area contributed by atoms with Crippen molar-refractivity contribution < 1.29 is 49.3 Å². The zero-order valence-electron chi connectivity index (χ0n) is 55.3. The second kappa shape index (κ2) is 63.2. The zero-order valence-corrected chi connectivity index (χ0v) is 55.3. The second-order valence-corrected chi connectivity index (χ2v) is 25.3. The number of nitrogens with one attached hydrogen (secondary N) is 1. The number of carbonyl (C=O) groups excluding carboxylic acids is 2. The van der Waals surface area contributed by atoms with Crippen LogP contribution in [0.5, 0.6) is 0 Å². The first-order valence-corrected chi connectivity index (χ1v) is 36.4.